The molecule has 7 heteroatoms. The first-order chi connectivity index (χ1) is 15.0. The SMILES string of the molecule is CCNC(=O)C(=O)NC[C@@H](c1ccc(N(C)C)cc1)N1CCN(c2ccccc2)CC1. The topological polar surface area (TPSA) is 67.9 Å². The number of benzene rings is 2. The first kappa shape index (κ1) is 22.6. The molecule has 0 aliphatic carbocycles. The molecular formula is C24H33N5O2. The molecule has 31 heavy (non-hydrogen) atoms. The van der Waals surface area contributed by atoms with Crippen molar-refractivity contribution < 1.29 is 9.59 Å². The van der Waals surface area contributed by atoms with Crippen LogP contribution < -0.4 is 20.4 Å². The molecule has 0 bridgehead atoms. The predicted octanol–water partition coefficient (Wildman–Crippen LogP) is 1.87. The van der Waals surface area contributed by atoms with Gasteiger partial charge in [-0.2, -0.15) is 0 Å². The van der Waals surface area contributed by atoms with Crippen molar-refractivity contribution in [2.24, 2.45) is 0 Å². The average molecular weight is 424 g/mol. The molecule has 1 saturated heterocycles. The number of carbonyl (C=O) groups is 2. The highest BCUT2D eigenvalue weighted by Gasteiger charge is 2.26. The summed E-state index contributed by atoms with van der Waals surface area (Å²) in [5, 5.41) is 5.38. The zero-order valence-electron chi connectivity index (χ0n) is 18.7. The summed E-state index contributed by atoms with van der Waals surface area (Å²) in [4.78, 5) is 30.9. The van der Waals surface area contributed by atoms with Crippen LogP contribution in [0.2, 0.25) is 0 Å². The van der Waals surface area contributed by atoms with Crippen LogP contribution >= 0.6 is 0 Å². The van der Waals surface area contributed by atoms with Gasteiger partial charge in [-0.05, 0) is 36.8 Å². The minimum Gasteiger partial charge on any atom is -0.378 e. The molecule has 0 saturated carbocycles. The smallest absolute Gasteiger partial charge is 0.309 e. The molecule has 1 heterocycles. The number of likely N-dealkylation sites (N-methyl/N-ethyl adjacent to an activating group) is 1. The van der Waals surface area contributed by atoms with Gasteiger partial charge in [0.2, 0.25) is 0 Å². The first-order valence-electron chi connectivity index (χ1n) is 10.9. The van der Waals surface area contributed by atoms with Gasteiger partial charge in [-0.25, -0.2) is 0 Å². The molecule has 1 aliphatic heterocycles. The Labute approximate surface area is 185 Å². The lowest BCUT2D eigenvalue weighted by Crippen LogP contribution is -2.50. The molecule has 166 valence electrons. The van der Waals surface area contributed by atoms with E-state index in [4.69, 9.17) is 0 Å². The van der Waals surface area contributed by atoms with E-state index in [2.05, 4.69) is 73.9 Å². The highest BCUT2D eigenvalue weighted by Crippen LogP contribution is 2.25. The van der Waals surface area contributed by atoms with E-state index < -0.39 is 11.8 Å². The second kappa shape index (κ2) is 10.8. The highest BCUT2D eigenvalue weighted by atomic mass is 16.2. The molecule has 0 spiro atoms. The number of hydrogen-bond donors (Lipinski definition) is 2. The summed E-state index contributed by atoms with van der Waals surface area (Å²) < 4.78 is 0. The minimum atomic E-state index is -0.585. The Hall–Kier alpha value is -3.06. The number of para-hydroxylation sites is 1. The van der Waals surface area contributed by atoms with Gasteiger partial charge in [0.15, 0.2) is 0 Å². The van der Waals surface area contributed by atoms with Gasteiger partial charge in [0, 0.05) is 64.7 Å². The standard InChI is InChI=1S/C24H33N5O2/c1-4-25-23(30)24(31)26-18-22(19-10-12-20(13-11-19)27(2)3)29-16-14-28(15-17-29)21-8-6-5-7-9-21/h5-13,22H,4,14-18H2,1-3H3,(H,25,30)(H,26,31)/t22-/m0/s1. The third kappa shape index (κ3) is 5.98. The molecule has 0 unspecified atom stereocenters. The maximum atomic E-state index is 12.2. The maximum absolute atomic E-state index is 12.2. The lowest BCUT2D eigenvalue weighted by Gasteiger charge is -2.40. The molecule has 1 aliphatic rings. The summed E-state index contributed by atoms with van der Waals surface area (Å²) in [5.74, 6) is -1.17. The van der Waals surface area contributed by atoms with E-state index in [1.807, 2.05) is 20.2 Å². The van der Waals surface area contributed by atoms with Crippen LogP contribution in [0.5, 0.6) is 0 Å². The third-order valence-corrected chi connectivity index (χ3v) is 5.67. The van der Waals surface area contributed by atoms with Crippen molar-refractivity contribution in [3.63, 3.8) is 0 Å². The Morgan fingerprint density at radius 3 is 2.10 bits per heavy atom. The molecule has 3 rings (SSSR count). The Morgan fingerprint density at radius 1 is 0.903 bits per heavy atom. The number of carbonyl (C=O) groups excluding carboxylic acids is 2. The van der Waals surface area contributed by atoms with Crippen LogP contribution in [-0.2, 0) is 9.59 Å². The molecule has 2 aromatic rings. The fourth-order valence-corrected chi connectivity index (χ4v) is 3.89. The quantitative estimate of drug-likeness (QED) is 0.666. The predicted molar refractivity (Wildman–Crippen MR) is 125 cm³/mol. The summed E-state index contributed by atoms with van der Waals surface area (Å²) in [7, 11) is 4.03. The van der Waals surface area contributed by atoms with Gasteiger partial charge < -0.3 is 20.4 Å². The van der Waals surface area contributed by atoms with Crippen LogP contribution in [0.4, 0.5) is 11.4 Å². The third-order valence-electron chi connectivity index (χ3n) is 5.67. The second-order valence-corrected chi connectivity index (χ2v) is 7.93. The van der Waals surface area contributed by atoms with Crippen molar-refractivity contribution in [2.45, 2.75) is 13.0 Å². The summed E-state index contributed by atoms with van der Waals surface area (Å²) in [6.07, 6.45) is 0. The summed E-state index contributed by atoms with van der Waals surface area (Å²) >= 11 is 0. The van der Waals surface area contributed by atoms with Crippen LogP contribution in [0.25, 0.3) is 0 Å². The van der Waals surface area contributed by atoms with Gasteiger partial charge in [-0.1, -0.05) is 30.3 Å². The summed E-state index contributed by atoms with van der Waals surface area (Å²) in [6.45, 7) is 6.22. The van der Waals surface area contributed by atoms with E-state index in [9.17, 15) is 9.59 Å². The fourth-order valence-electron chi connectivity index (χ4n) is 3.89. The fraction of sp³-hybridized carbons (Fsp3) is 0.417. The zero-order chi connectivity index (χ0) is 22.2. The number of amides is 2. The van der Waals surface area contributed by atoms with Gasteiger partial charge in [-0.3, -0.25) is 14.5 Å². The Morgan fingerprint density at radius 2 is 1.52 bits per heavy atom. The van der Waals surface area contributed by atoms with Gasteiger partial charge in [0.25, 0.3) is 0 Å². The van der Waals surface area contributed by atoms with E-state index in [-0.39, 0.29) is 6.04 Å². The number of nitrogens with one attached hydrogen (secondary N) is 2. The first-order valence-corrected chi connectivity index (χ1v) is 10.9. The van der Waals surface area contributed by atoms with Crippen molar-refractivity contribution in [2.75, 3.05) is 63.2 Å². The largest absolute Gasteiger partial charge is 0.378 e. The highest BCUT2D eigenvalue weighted by molar-refractivity contribution is 6.35. The van der Waals surface area contributed by atoms with Crippen LogP contribution in [0.15, 0.2) is 54.6 Å². The summed E-state index contributed by atoms with van der Waals surface area (Å²) in [5.41, 5.74) is 3.50. The molecular weight excluding hydrogens is 390 g/mol. The van der Waals surface area contributed by atoms with Gasteiger partial charge in [0.1, 0.15) is 0 Å². The lowest BCUT2D eigenvalue weighted by molar-refractivity contribution is -0.139. The van der Waals surface area contributed by atoms with Gasteiger partial charge >= 0.3 is 11.8 Å². The summed E-state index contributed by atoms with van der Waals surface area (Å²) in [6, 6.07) is 18.9. The molecule has 2 N–H and O–H groups in total. The monoisotopic (exact) mass is 423 g/mol. The normalized spacial score (nSPS) is 15.3. The molecule has 0 radical (unpaired) electrons. The maximum Gasteiger partial charge on any atom is 0.309 e. The minimum absolute atomic E-state index is 0.00696. The Balaban J connectivity index is 1.71. The molecule has 1 fully saturated rings. The molecule has 2 aromatic carbocycles. The van der Waals surface area contributed by atoms with Crippen molar-refractivity contribution in [3.8, 4) is 0 Å². The van der Waals surface area contributed by atoms with Crippen LogP contribution in [0, 0.1) is 0 Å². The lowest BCUT2D eigenvalue weighted by atomic mass is 10.0. The van der Waals surface area contributed by atoms with Gasteiger partial charge in [-0.15, -0.1) is 0 Å². The molecule has 7 nitrogen and oxygen atoms in total. The molecule has 0 aromatic heterocycles. The molecule has 1 atom stereocenters. The number of rotatable bonds is 7. The van der Waals surface area contributed by atoms with E-state index in [0.29, 0.717) is 13.1 Å². The van der Waals surface area contributed by atoms with Crippen LogP contribution in [-0.4, -0.2) is 70.1 Å². The Bertz CT molecular complexity index is 846. The van der Waals surface area contributed by atoms with Crippen molar-refractivity contribution in [1.82, 2.24) is 15.5 Å². The molecule has 2 amide bonds. The van der Waals surface area contributed by atoms with E-state index in [1.54, 1.807) is 6.92 Å². The van der Waals surface area contributed by atoms with E-state index in [1.165, 1.54) is 5.69 Å². The average Bonchev–Trinajstić information content (AvgIpc) is 2.80. The number of piperazine rings is 1. The number of anilines is 2. The van der Waals surface area contributed by atoms with Crippen molar-refractivity contribution in [3.05, 3.63) is 60.2 Å². The van der Waals surface area contributed by atoms with Crippen LogP contribution in [0.3, 0.4) is 0 Å². The number of hydrogen-bond acceptors (Lipinski definition) is 5. The van der Waals surface area contributed by atoms with Crippen LogP contribution in [0.1, 0.15) is 18.5 Å². The van der Waals surface area contributed by atoms with E-state index in [0.717, 1.165) is 37.4 Å². The van der Waals surface area contributed by atoms with Crippen molar-refractivity contribution >= 4 is 23.2 Å². The van der Waals surface area contributed by atoms with Crippen molar-refractivity contribution in [1.29, 1.82) is 0 Å². The second-order valence-electron chi connectivity index (χ2n) is 7.93. The number of nitrogens with zero attached hydrogens (tertiary/aromatic N) is 3. The zero-order valence-corrected chi connectivity index (χ0v) is 18.7. The van der Waals surface area contributed by atoms with Gasteiger partial charge in [0.05, 0.1) is 6.04 Å². The van der Waals surface area contributed by atoms with E-state index >= 15 is 0 Å². The Kier molecular flexibility index (Phi) is 7.89.